The Bertz CT molecular complexity index is 291. The standard InChI is InChI=1S/C8H15N3O5/c1-3(12)6(11)8(15)16-7(14)4(9)2-5(10)13/h3-4,6,12H,2,9,11H2,1H3,(H2,10,13)/t3-,4+,6+/m1/s1. The Balaban J connectivity index is 4.24. The number of aliphatic hydroxyl groups excluding tert-OH is 1. The zero-order valence-corrected chi connectivity index (χ0v) is 8.75. The molecule has 0 radical (unpaired) electrons. The third-order valence-corrected chi connectivity index (χ3v) is 1.72. The number of rotatable bonds is 5. The summed E-state index contributed by atoms with van der Waals surface area (Å²) in [6, 6.07) is -2.66. The first kappa shape index (κ1) is 14.5. The highest BCUT2D eigenvalue weighted by molar-refractivity contribution is 5.93. The third kappa shape index (κ3) is 4.82. The molecule has 0 aromatic carbocycles. The summed E-state index contributed by atoms with van der Waals surface area (Å²) in [6.45, 7) is 1.26. The third-order valence-electron chi connectivity index (χ3n) is 1.72. The summed E-state index contributed by atoms with van der Waals surface area (Å²) in [6.07, 6.45) is -1.59. The van der Waals surface area contributed by atoms with Gasteiger partial charge in [-0.3, -0.25) is 4.79 Å². The molecule has 0 spiro atoms. The molecule has 1 amide bonds. The van der Waals surface area contributed by atoms with Gasteiger partial charge in [-0.05, 0) is 6.92 Å². The first-order valence-corrected chi connectivity index (χ1v) is 4.48. The molecule has 0 aromatic rings. The van der Waals surface area contributed by atoms with Gasteiger partial charge >= 0.3 is 11.9 Å². The number of carbonyl (C=O) groups excluding carboxylic acids is 3. The van der Waals surface area contributed by atoms with Crippen LogP contribution in [0, 0.1) is 0 Å². The number of carbonyl (C=O) groups is 3. The van der Waals surface area contributed by atoms with Crippen LogP contribution in [-0.4, -0.2) is 41.1 Å². The molecule has 0 heterocycles. The molecule has 16 heavy (non-hydrogen) atoms. The largest absolute Gasteiger partial charge is 0.391 e. The maximum absolute atomic E-state index is 11.1. The predicted molar refractivity (Wildman–Crippen MR) is 52.5 cm³/mol. The van der Waals surface area contributed by atoms with E-state index in [4.69, 9.17) is 22.3 Å². The summed E-state index contributed by atoms with van der Waals surface area (Å²) < 4.78 is 4.24. The molecule has 3 atom stereocenters. The quantitative estimate of drug-likeness (QED) is 0.290. The SMILES string of the molecule is C[C@@H](O)[C@H](N)C(=O)OC(=O)[C@@H](N)CC(N)=O. The summed E-state index contributed by atoms with van der Waals surface area (Å²) >= 11 is 0. The van der Waals surface area contributed by atoms with Crippen molar-refractivity contribution in [3.8, 4) is 0 Å². The summed E-state index contributed by atoms with van der Waals surface area (Å²) in [4.78, 5) is 32.6. The lowest BCUT2D eigenvalue weighted by molar-refractivity contribution is -0.163. The first-order chi connectivity index (χ1) is 7.25. The van der Waals surface area contributed by atoms with E-state index in [-0.39, 0.29) is 0 Å². The van der Waals surface area contributed by atoms with Crippen LogP contribution in [-0.2, 0) is 19.1 Å². The van der Waals surface area contributed by atoms with Gasteiger partial charge in [0.1, 0.15) is 12.1 Å². The van der Waals surface area contributed by atoms with Crippen molar-refractivity contribution in [3.05, 3.63) is 0 Å². The minimum atomic E-state index is -1.34. The van der Waals surface area contributed by atoms with E-state index in [2.05, 4.69) is 4.74 Å². The van der Waals surface area contributed by atoms with Crippen LogP contribution >= 0.6 is 0 Å². The van der Waals surface area contributed by atoms with Gasteiger partial charge in [0.15, 0.2) is 0 Å². The second kappa shape index (κ2) is 6.16. The number of primary amides is 1. The number of nitrogens with two attached hydrogens (primary N) is 3. The van der Waals surface area contributed by atoms with Crippen molar-refractivity contribution < 1.29 is 24.2 Å². The highest BCUT2D eigenvalue weighted by atomic mass is 16.6. The molecule has 0 fully saturated rings. The summed E-state index contributed by atoms with van der Waals surface area (Å²) in [5.74, 6) is -3.02. The molecule has 8 heteroatoms. The summed E-state index contributed by atoms with van der Waals surface area (Å²) in [5, 5.41) is 8.95. The van der Waals surface area contributed by atoms with Crippen molar-refractivity contribution in [3.63, 3.8) is 0 Å². The molecule has 0 aromatic heterocycles. The minimum absolute atomic E-state index is 0.434. The van der Waals surface area contributed by atoms with Crippen LogP contribution in [0.2, 0.25) is 0 Å². The van der Waals surface area contributed by atoms with Crippen molar-refractivity contribution in [2.75, 3.05) is 0 Å². The van der Waals surface area contributed by atoms with Crippen LogP contribution < -0.4 is 17.2 Å². The van der Waals surface area contributed by atoms with Gasteiger partial charge in [-0.2, -0.15) is 0 Å². The topological polar surface area (TPSA) is 159 Å². The average Bonchev–Trinajstić information content (AvgIpc) is 2.14. The van der Waals surface area contributed by atoms with Gasteiger partial charge in [0, 0.05) is 0 Å². The second-order valence-electron chi connectivity index (χ2n) is 3.28. The Kier molecular flexibility index (Phi) is 5.57. The van der Waals surface area contributed by atoms with Crippen LogP contribution in [0.3, 0.4) is 0 Å². The molecule has 0 unspecified atom stereocenters. The molecule has 0 aliphatic carbocycles. The van der Waals surface area contributed by atoms with E-state index >= 15 is 0 Å². The molecular weight excluding hydrogens is 218 g/mol. The van der Waals surface area contributed by atoms with E-state index in [9.17, 15) is 14.4 Å². The maximum Gasteiger partial charge on any atom is 0.333 e. The Labute approximate surface area is 91.7 Å². The number of ether oxygens (including phenoxy) is 1. The predicted octanol–water partition coefficient (Wildman–Crippen LogP) is -3.03. The maximum atomic E-state index is 11.1. The van der Waals surface area contributed by atoms with Gasteiger partial charge < -0.3 is 27.0 Å². The van der Waals surface area contributed by atoms with E-state index in [1.54, 1.807) is 0 Å². The van der Waals surface area contributed by atoms with E-state index < -0.39 is 42.5 Å². The van der Waals surface area contributed by atoms with E-state index in [1.165, 1.54) is 6.92 Å². The number of hydrogen-bond acceptors (Lipinski definition) is 7. The van der Waals surface area contributed by atoms with E-state index in [1.807, 2.05) is 0 Å². The molecule has 0 aliphatic rings. The van der Waals surface area contributed by atoms with Gasteiger partial charge in [-0.25, -0.2) is 9.59 Å². The second-order valence-corrected chi connectivity index (χ2v) is 3.28. The number of aliphatic hydroxyl groups is 1. The number of esters is 2. The Morgan fingerprint density at radius 3 is 2.12 bits per heavy atom. The monoisotopic (exact) mass is 233 g/mol. The number of amides is 1. The molecule has 0 saturated heterocycles. The lowest BCUT2D eigenvalue weighted by Gasteiger charge is -2.14. The first-order valence-electron chi connectivity index (χ1n) is 4.48. The fourth-order valence-corrected chi connectivity index (χ4v) is 0.740. The van der Waals surface area contributed by atoms with E-state index in [0.29, 0.717) is 0 Å². The fourth-order valence-electron chi connectivity index (χ4n) is 0.740. The van der Waals surface area contributed by atoms with Crippen molar-refractivity contribution in [2.45, 2.75) is 31.5 Å². The lowest BCUT2D eigenvalue weighted by Crippen LogP contribution is -2.45. The summed E-state index contributed by atoms with van der Waals surface area (Å²) in [7, 11) is 0. The van der Waals surface area contributed by atoms with Crippen molar-refractivity contribution in [1.29, 1.82) is 0 Å². The minimum Gasteiger partial charge on any atom is -0.391 e. The lowest BCUT2D eigenvalue weighted by atomic mass is 10.2. The van der Waals surface area contributed by atoms with Crippen molar-refractivity contribution in [2.24, 2.45) is 17.2 Å². The van der Waals surface area contributed by atoms with Gasteiger partial charge in [0.25, 0.3) is 0 Å². The molecule has 8 nitrogen and oxygen atoms in total. The fraction of sp³-hybridized carbons (Fsp3) is 0.625. The van der Waals surface area contributed by atoms with Crippen molar-refractivity contribution in [1.82, 2.24) is 0 Å². The van der Waals surface area contributed by atoms with Crippen LogP contribution in [0.15, 0.2) is 0 Å². The van der Waals surface area contributed by atoms with Crippen LogP contribution in [0.5, 0.6) is 0 Å². The van der Waals surface area contributed by atoms with Crippen LogP contribution in [0.4, 0.5) is 0 Å². The molecule has 0 bridgehead atoms. The van der Waals surface area contributed by atoms with Gasteiger partial charge in [0.05, 0.1) is 12.5 Å². The Hall–Kier alpha value is -1.51. The molecule has 7 N–H and O–H groups in total. The van der Waals surface area contributed by atoms with Gasteiger partial charge in [-0.1, -0.05) is 0 Å². The highest BCUT2D eigenvalue weighted by Crippen LogP contribution is 1.97. The Morgan fingerprint density at radius 2 is 1.75 bits per heavy atom. The zero-order valence-electron chi connectivity index (χ0n) is 8.75. The normalized spacial score (nSPS) is 16.0. The molecule has 0 rings (SSSR count). The Morgan fingerprint density at radius 1 is 1.25 bits per heavy atom. The van der Waals surface area contributed by atoms with Crippen molar-refractivity contribution >= 4 is 17.8 Å². The van der Waals surface area contributed by atoms with Crippen LogP contribution in [0.25, 0.3) is 0 Å². The molecule has 0 saturated carbocycles. The molecule has 92 valence electrons. The zero-order chi connectivity index (χ0) is 12.9. The highest BCUT2D eigenvalue weighted by Gasteiger charge is 2.26. The number of hydrogen-bond donors (Lipinski definition) is 4. The smallest absolute Gasteiger partial charge is 0.333 e. The molecular formula is C8H15N3O5. The summed E-state index contributed by atoms with van der Waals surface area (Å²) in [5.41, 5.74) is 15.2. The van der Waals surface area contributed by atoms with Crippen LogP contribution in [0.1, 0.15) is 13.3 Å². The molecule has 0 aliphatic heterocycles. The van der Waals surface area contributed by atoms with Gasteiger partial charge in [-0.15, -0.1) is 0 Å². The average molecular weight is 233 g/mol. The van der Waals surface area contributed by atoms with Gasteiger partial charge in [0.2, 0.25) is 5.91 Å². The van der Waals surface area contributed by atoms with E-state index in [0.717, 1.165) is 0 Å².